The molecule has 0 radical (unpaired) electrons. The molecule has 0 saturated carbocycles. The van der Waals surface area contributed by atoms with Gasteiger partial charge < -0.3 is 5.32 Å². The first-order valence-corrected chi connectivity index (χ1v) is 15.5. The smallest absolute Gasteiger partial charge is 0.164 e. The van der Waals surface area contributed by atoms with Crippen molar-refractivity contribution in [3.63, 3.8) is 0 Å². The Hall–Kier alpha value is -6.13. The van der Waals surface area contributed by atoms with Crippen molar-refractivity contribution in [3.8, 4) is 56.4 Å². The summed E-state index contributed by atoms with van der Waals surface area (Å²) in [7, 11) is 0. The third-order valence-electron chi connectivity index (χ3n) is 8.39. The quantitative estimate of drug-likeness (QED) is 0.209. The van der Waals surface area contributed by atoms with E-state index in [0.717, 1.165) is 28.8 Å². The van der Waals surface area contributed by atoms with Crippen LogP contribution in [0.5, 0.6) is 0 Å². The standard InChI is InChI=1S/C42H30N4/c1-3-7-34(8-4-1)40-44-41(35-9-5-2-6-10-35)46-42(45-40)36-19-15-31(16-20-36)38-22-18-32-17-21-37(27-39(32)28-38)30-13-11-29(12-14-30)33-23-25-43-26-24-33/h1-25,27-28,43H,26H2. The maximum atomic E-state index is 4.88. The number of aromatic nitrogens is 3. The molecular weight excluding hydrogens is 560 g/mol. The summed E-state index contributed by atoms with van der Waals surface area (Å²) < 4.78 is 0. The summed E-state index contributed by atoms with van der Waals surface area (Å²) in [6, 6.07) is 50.8. The van der Waals surface area contributed by atoms with Crippen molar-refractivity contribution >= 4 is 16.3 Å². The van der Waals surface area contributed by atoms with Gasteiger partial charge in [0.1, 0.15) is 0 Å². The van der Waals surface area contributed by atoms with E-state index in [4.69, 9.17) is 15.0 Å². The molecule has 7 aromatic rings. The third-order valence-corrected chi connectivity index (χ3v) is 8.39. The topological polar surface area (TPSA) is 50.7 Å². The van der Waals surface area contributed by atoms with Gasteiger partial charge in [-0.1, -0.05) is 140 Å². The largest absolute Gasteiger partial charge is 0.387 e. The summed E-state index contributed by atoms with van der Waals surface area (Å²) in [5.74, 6) is 1.98. The molecule has 1 aliphatic heterocycles. The van der Waals surface area contributed by atoms with Crippen LogP contribution in [0.2, 0.25) is 0 Å². The van der Waals surface area contributed by atoms with E-state index in [1.54, 1.807) is 0 Å². The Morgan fingerprint density at radius 2 is 0.826 bits per heavy atom. The monoisotopic (exact) mass is 590 g/mol. The Morgan fingerprint density at radius 3 is 1.30 bits per heavy atom. The second-order valence-electron chi connectivity index (χ2n) is 11.4. The number of dihydropyridines is 1. The van der Waals surface area contributed by atoms with E-state index >= 15 is 0 Å². The molecule has 4 heteroatoms. The van der Waals surface area contributed by atoms with Gasteiger partial charge in [0.05, 0.1) is 0 Å². The van der Waals surface area contributed by atoms with Crippen LogP contribution in [0, 0.1) is 0 Å². The predicted octanol–water partition coefficient (Wildman–Crippen LogP) is 9.86. The van der Waals surface area contributed by atoms with E-state index in [9.17, 15) is 0 Å². The van der Waals surface area contributed by atoms with Gasteiger partial charge in [-0.15, -0.1) is 0 Å². The van der Waals surface area contributed by atoms with Gasteiger partial charge in [0.15, 0.2) is 17.5 Å². The van der Waals surface area contributed by atoms with E-state index in [-0.39, 0.29) is 0 Å². The number of allylic oxidation sites excluding steroid dienone is 2. The Balaban J connectivity index is 1.10. The molecule has 2 heterocycles. The van der Waals surface area contributed by atoms with Crippen LogP contribution in [0.3, 0.4) is 0 Å². The molecule has 6 aromatic carbocycles. The average Bonchev–Trinajstić information content (AvgIpc) is 3.15. The molecule has 46 heavy (non-hydrogen) atoms. The Labute approximate surface area is 268 Å². The maximum Gasteiger partial charge on any atom is 0.164 e. The second-order valence-corrected chi connectivity index (χ2v) is 11.4. The minimum atomic E-state index is 0.654. The van der Waals surface area contributed by atoms with Gasteiger partial charge in [0.25, 0.3) is 0 Å². The summed E-state index contributed by atoms with van der Waals surface area (Å²) >= 11 is 0. The van der Waals surface area contributed by atoms with Crippen molar-refractivity contribution < 1.29 is 0 Å². The normalized spacial score (nSPS) is 12.5. The first kappa shape index (κ1) is 27.4. The molecule has 0 unspecified atom stereocenters. The zero-order valence-electron chi connectivity index (χ0n) is 25.1. The molecule has 4 nitrogen and oxygen atoms in total. The van der Waals surface area contributed by atoms with E-state index in [1.165, 1.54) is 38.6 Å². The van der Waals surface area contributed by atoms with E-state index in [0.29, 0.717) is 17.5 Å². The molecule has 1 aliphatic rings. The SMILES string of the molecule is C1=CC(c2ccc(-c3ccc4ccc(-c5ccc(-c6nc(-c7ccccc7)nc(-c7ccccc7)n6)cc5)cc4c3)cc2)=CCN1. The Bertz CT molecular complexity index is 2160. The van der Waals surface area contributed by atoms with Crippen LogP contribution in [-0.4, -0.2) is 21.5 Å². The molecule has 8 rings (SSSR count). The number of nitrogens with one attached hydrogen (secondary N) is 1. The molecule has 218 valence electrons. The number of rotatable bonds is 6. The molecule has 0 spiro atoms. The molecule has 0 bridgehead atoms. The van der Waals surface area contributed by atoms with Crippen molar-refractivity contribution in [2.75, 3.05) is 6.54 Å². The molecule has 0 aliphatic carbocycles. The molecule has 1 N–H and O–H groups in total. The lowest BCUT2D eigenvalue weighted by atomic mass is 9.96. The van der Waals surface area contributed by atoms with Gasteiger partial charge in [-0.05, 0) is 68.6 Å². The molecule has 0 saturated heterocycles. The highest BCUT2D eigenvalue weighted by atomic mass is 15.0. The van der Waals surface area contributed by atoms with Crippen molar-refractivity contribution in [1.82, 2.24) is 20.3 Å². The van der Waals surface area contributed by atoms with Gasteiger partial charge in [0.2, 0.25) is 0 Å². The molecule has 1 aromatic heterocycles. The van der Waals surface area contributed by atoms with Crippen LogP contribution >= 0.6 is 0 Å². The Morgan fingerprint density at radius 1 is 0.391 bits per heavy atom. The van der Waals surface area contributed by atoms with Crippen LogP contribution in [-0.2, 0) is 0 Å². The van der Waals surface area contributed by atoms with Crippen LogP contribution in [0.15, 0.2) is 164 Å². The van der Waals surface area contributed by atoms with Crippen molar-refractivity contribution in [1.29, 1.82) is 0 Å². The van der Waals surface area contributed by atoms with E-state index < -0.39 is 0 Å². The van der Waals surface area contributed by atoms with Gasteiger partial charge in [-0.2, -0.15) is 0 Å². The lowest BCUT2D eigenvalue weighted by Crippen LogP contribution is -2.08. The van der Waals surface area contributed by atoms with Crippen LogP contribution in [0.1, 0.15) is 5.56 Å². The lowest BCUT2D eigenvalue weighted by molar-refractivity contribution is 0.976. The highest BCUT2D eigenvalue weighted by molar-refractivity contribution is 5.91. The van der Waals surface area contributed by atoms with Crippen molar-refractivity contribution in [2.24, 2.45) is 0 Å². The highest BCUT2D eigenvalue weighted by Gasteiger charge is 2.12. The molecule has 0 amide bonds. The average molecular weight is 591 g/mol. The van der Waals surface area contributed by atoms with E-state index in [1.807, 2.05) is 66.9 Å². The van der Waals surface area contributed by atoms with Crippen molar-refractivity contribution in [2.45, 2.75) is 0 Å². The number of hydrogen-bond donors (Lipinski definition) is 1. The predicted molar refractivity (Wildman–Crippen MR) is 190 cm³/mol. The first-order valence-electron chi connectivity index (χ1n) is 15.5. The van der Waals surface area contributed by atoms with Crippen LogP contribution in [0.4, 0.5) is 0 Å². The fourth-order valence-corrected chi connectivity index (χ4v) is 5.88. The van der Waals surface area contributed by atoms with Crippen LogP contribution in [0.25, 0.3) is 72.8 Å². The zero-order valence-corrected chi connectivity index (χ0v) is 25.1. The summed E-state index contributed by atoms with van der Waals surface area (Å²) in [6.45, 7) is 0.866. The Kier molecular flexibility index (Phi) is 7.21. The summed E-state index contributed by atoms with van der Waals surface area (Å²) in [5.41, 5.74) is 10.1. The lowest BCUT2D eigenvalue weighted by Gasteiger charge is -2.11. The van der Waals surface area contributed by atoms with E-state index in [2.05, 4.69) is 102 Å². The highest BCUT2D eigenvalue weighted by Crippen LogP contribution is 2.31. The van der Waals surface area contributed by atoms with Crippen LogP contribution < -0.4 is 5.32 Å². The minimum absolute atomic E-state index is 0.654. The van der Waals surface area contributed by atoms with Gasteiger partial charge >= 0.3 is 0 Å². The third kappa shape index (κ3) is 5.60. The minimum Gasteiger partial charge on any atom is -0.387 e. The molecular formula is C42H30N4. The molecule has 0 atom stereocenters. The second kappa shape index (κ2) is 12.1. The fourth-order valence-electron chi connectivity index (χ4n) is 5.88. The van der Waals surface area contributed by atoms with Gasteiger partial charge in [-0.25, -0.2) is 15.0 Å². The summed E-state index contributed by atoms with van der Waals surface area (Å²) in [5, 5.41) is 5.65. The maximum absolute atomic E-state index is 4.88. The fraction of sp³-hybridized carbons (Fsp3) is 0.0238. The summed E-state index contributed by atoms with van der Waals surface area (Å²) in [6.07, 6.45) is 6.35. The van der Waals surface area contributed by atoms with Gasteiger partial charge in [-0.3, -0.25) is 0 Å². The zero-order chi connectivity index (χ0) is 30.7. The number of hydrogen-bond acceptors (Lipinski definition) is 4. The number of benzene rings is 6. The number of nitrogens with zero attached hydrogens (tertiary/aromatic N) is 3. The number of fused-ring (bicyclic) bond motifs is 1. The summed E-state index contributed by atoms with van der Waals surface area (Å²) in [4.78, 5) is 14.6. The van der Waals surface area contributed by atoms with Gasteiger partial charge in [0, 0.05) is 23.2 Å². The molecule has 0 fully saturated rings. The first-order chi connectivity index (χ1) is 22.8. The van der Waals surface area contributed by atoms with Crippen molar-refractivity contribution in [3.05, 3.63) is 170 Å².